The first-order valence-electron chi connectivity index (χ1n) is 12.1. The SMILES string of the molecule is C=C1C(c2cnn(C)c2)=Cc2cc(C(=O)Nc3cc(NC(=O)CN4CCC5CC54)cnc3C)cnc21. The summed E-state index contributed by atoms with van der Waals surface area (Å²) in [6.45, 7) is 7.36. The lowest BCUT2D eigenvalue weighted by atomic mass is 10.1. The second-order valence-electron chi connectivity index (χ2n) is 9.78. The van der Waals surface area contributed by atoms with E-state index in [1.807, 2.05) is 32.3 Å². The highest BCUT2D eigenvalue weighted by Gasteiger charge is 2.46. The molecule has 36 heavy (non-hydrogen) atoms. The maximum atomic E-state index is 13.1. The van der Waals surface area contributed by atoms with E-state index in [-0.39, 0.29) is 11.8 Å². The number of nitrogens with zero attached hydrogens (tertiary/aromatic N) is 5. The molecular weight excluding hydrogens is 454 g/mol. The van der Waals surface area contributed by atoms with Crippen LogP contribution in [0.4, 0.5) is 11.4 Å². The van der Waals surface area contributed by atoms with Crippen molar-refractivity contribution in [2.75, 3.05) is 23.7 Å². The number of carbonyl (C=O) groups is 2. The van der Waals surface area contributed by atoms with Crippen LogP contribution in [0.5, 0.6) is 0 Å². The second kappa shape index (κ2) is 8.53. The van der Waals surface area contributed by atoms with Crippen LogP contribution in [0.3, 0.4) is 0 Å². The lowest BCUT2D eigenvalue weighted by Crippen LogP contribution is -2.33. The Morgan fingerprint density at radius 1 is 1.17 bits per heavy atom. The van der Waals surface area contributed by atoms with Crippen LogP contribution in [0.1, 0.15) is 45.7 Å². The van der Waals surface area contributed by atoms with Gasteiger partial charge in [-0.05, 0) is 56.0 Å². The highest BCUT2D eigenvalue weighted by molar-refractivity contribution is 6.16. The first-order valence-corrected chi connectivity index (χ1v) is 12.1. The number of likely N-dealkylation sites (tertiary alicyclic amines) is 1. The number of piperidine rings is 1. The van der Waals surface area contributed by atoms with E-state index in [1.54, 1.807) is 29.3 Å². The molecule has 9 nitrogen and oxygen atoms in total. The summed E-state index contributed by atoms with van der Waals surface area (Å²) in [5.41, 5.74) is 6.46. The predicted octanol–water partition coefficient (Wildman–Crippen LogP) is 3.37. The van der Waals surface area contributed by atoms with Crippen molar-refractivity contribution in [2.24, 2.45) is 13.0 Å². The molecule has 2 aliphatic carbocycles. The third-order valence-corrected chi connectivity index (χ3v) is 7.21. The van der Waals surface area contributed by atoms with E-state index < -0.39 is 0 Å². The van der Waals surface area contributed by atoms with E-state index in [0.29, 0.717) is 35.2 Å². The summed E-state index contributed by atoms with van der Waals surface area (Å²) < 4.78 is 1.74. The fourth-order valence-electron chi connectivity index (χ4n) is 5.15. The topological polar surface area (TPSA) is 105 Å². The third kappa shape index (κ3) is 4.11. The molecule has 6 rings (SSSR count). The van der Waals surface area contributed by atoms with Crippen LogP contribution in [-0.4, -0.2) is 55.6 Å². The minimum atomic E-state index is -0.302. The lowest BCUT2D eigenvalue weighted by Gasteiger charge is -2.17. The first kappa shape index (κ1) is 22.4. The van der Waals surface area contributed by atoms with Crippen molar-refractivity contribution >= 4 is 40.4 Å². The molecule has 1 aliphatic heterocycles. The highest BCUT2D eigenvalue weighted by atomic mass is 16.2. The van der Waals surface area contributed by atoms with Gasteiger partial charge in [0.2, 0.25) is 5.91 Å². The Bertz CT molecular complexity index is 1450. The highest BCUT2D eigenvalue weighted by Crippen LogP contribution is 2.44. The van der Waals surface area contributed by atoms with E-state index >= 15 is 0 Å². The van der Waals surface area contributed by atoms with Gasteiger partial charge in [0.05, 0.1) is 47.3 Å². The molecule has 0 aromatic carbocycles. The normalized spacial score (nSPS) is 20.1. The van der Waals surface area contributed by atoms with Gasteiger partial charge in [-0.3, -0.25) is 29.1 Å². The first-order chi connectivity index (χ1) is 17.4. The van der Waals surface area contributed by atoms with Crippen LogP contribution in [0.15, 0.2) is 43.5 Å². The smallest absolute Gasteiger partial charge is 0.257 e. The van der Waals surface area contributed by atoms with Crippen molar-refractivity contribution in [1.82, 2.24) is 24.6 Å². The predicted molar refractivity (Wildman–Crippen MR) is 138 cm³/mol. The largest absolute Gasteiger partial charge is 0.324 e. The van der Waals surface area contributed by atoms with Gasteiger partial charge in [-0.25, -0.2) is 0 Å². The average Bonchev–Trinajstić information content (AvgIpc) is 3.14. The standard InChI is InChI=1S/C27H27N7O2/c1-15-22(20-11-30-33(3)13-20)7-18-6-19(10-29-26(15)18)27(36)32-23-9-21(12-28-16(23)2)31-25(35)14-34-5-4-17-8-24(17)34/h6-7,9-13,17,24H,1,4-5,8,14H2,2-3H3,(H,31,35)(H,32,36). The molecule has 4 heterocycles. The van der Waals surface area contributed by atoms with Crippen molar-refractivity contribution in [3.8, 4) is 0 Å². The molecule has 0 radical (unpaired) electrons. The molecule has 1 saturated heterocycles. The van der Waals surface area contributed by atoms with Gasteiger partial charge in [0.15, 0.2) is 0 Å². The quantitative estimate of drug-likeness (QED) is 0.559. The van der Waals surface area contributed by atoms with Crippen LogP contribution in [-0.2, 0) is 11.8 Å². The molecule has 2 N–H and O–H groups in total. The number of pyridine rings is 2. The Labute approximate surface area is 208 Å². The fourth-order valence-corrected chi connectivity index (χ4v) is 5.15. The number of carbonyl (C=O) groups excluding carboxylic acids is 2. The molecule has 182 valence electrons. The van der Waals surface area contributed by atoms with Gasteiger partial charge in [-0.15, -0.1) is 0 Å². The van der Waals surface area contributed by atoms with Crippen molar-refractivity contribution in [2.45, 2.75) is 25.8 Å². The number of aryl methyl sites for hydroxylation is 2. The molecule has 3 aromatic heterocycles. The van der Waals surface area contributed by atoms with Gasteiger partial charge in [0.1, 0.15) is 0 Å². The number of amides is 2. The van der Waals surface area contributed by atoms with Gasteiger partial charge in [0.25, 0.3) is 5.91 Å². The molecule has 2 fully saturated rings. The molecule has 9 heteroatoms. The van der Waals surface area contributed by atoms with Crippen LogP contribution in [0.25, 0.3) is 17.2 Å². The van der Waals surface area contributed by atoms with E-state index in [2.05, 4.69) is 37.2 Å². The molecule has 1 saturated carbocycles. The summed E-state index contributed by atoms with van der Waals surface area (Å²) in [5, 5.41) is 10.1. The zero-order valence-corrected chi connectivity index (χ0v) is 20.3. The number of hydrogen-bond acceptors (Lipinski definition) is 6. The monoisotopic (exact) mass is 481 g/mol. The molecular formula is C27H27N7O2. The van der Waals surface area contributed by atoms with Crippen molar-refractivity contribution in [1.29, 1.82) is 0 Å². The number of nitrogens with one attached hydrogen (secondary N) is 2. The number of anilines is 2. The minimum absolute atomic E-state index is 0.0651. The maximum Gasteiger partial charge on any atom is 0.257 e. The molecule has 0 bridgehead atoms. The molecule has 3 aromatic rings. The number of fused-ring (bicyclic) bond motifs is 2. The summed E-state index contributed by atoms with van der Waals surface area (Å²) >= 11 is 0. The molecule has 0 spiro atoms. The number of aromatic nitrogens is 4. The third-order valence-electron chi connectivity index (χ3n) is 7.21. The lowest BCUT2D eigenvalue weighted by molar-refractivity contribution is -0.117. The van der Waals surface area contributed by atoms with E-state index in [1.165, 1.54) is 12.8 Å². The molecule has 2 atom stereocenters. The summed E-state index contributed by atoms with van der Waals surface area (Å²) in [4.78, 5) is 36.7. The summed E-state index contributed by atoms with van der Waals surface area (Å²) in [6, 6.07) is 4.13. The van der Waals surface area contributed by atoms with E-state index in [0.717, 1.165) is 40.4 Å². The van der Waals surface area contributed by atoms with Crippen molar-refractivity contribution < 1.29 is 9.59 Å². The number of hydrogen-bond donors (Lipinski definition) is 2. The number of rotatable bonds is 6. The van der Waals surface area contributed by atoms with Crippen LogP contribution >= 0.6 is 0 Å². The zero-order chi connectivity index (χ0) is 25.0. The molecule has 3 aliphatic rings. The number of allylic oxidation sites excluding steroid dienone is 2. The van der Waals surface area contributed by atoms with Crippen molar-refractivity contribution in [3.05, 3.63) is 71.6 Å². The Morgan fingerprint density at radius 3 is 2.75 bits per heavy atom. The Balaban J connectivity index is 1.16. The van der Waals surface area contributed by atoms with E-state index in [9.17, 15) is 9.59 Å². The van der Waals surface area contributed by atoms with E-state index in [4.69, 9.17) is 0 Å². The minimum Gasteiger partial charge on any atom is -0.324 e. The van der Waals surface area contributed by atoms with Crippen molar-refractivity contribution in [3.63, 3.8) is 0 Å². The maximum absolute atomic E-state index is 13.1. The van der Waals surface area contributed by atoms with Gasteiger partial charge in [-0.1, -0.05) is 6.58 Å². The summed E-state index contributed by atoms with van der Waals surface area (Å²) in [5.74, 6) is 0.416. The summed E-state index contributed by atoms with van der Waals surface area (Å²) in [6.07, 6.45) is 11.2. The summed E-state index contributed by atoms with van der Waals surface area (Å²) in [7, 11) is 1.86. The van der Waals surface area contributed by atoms with Gasteiger partial charge in [-0.2, -0.15) is 5.10 Å². The average molecular weight is 482 g/mol. The van der Waals surface area contributed by atoms with Crippen LogP contribution in [0.2, 0.25) is 0 Å². The van der Waals surface area contributed by atoms with Gasteiger partial charge >= 0.3 is 0 Å². The fraction of sp³-hybridized carbons (Fsp3) is 0.296. The zero-order valence-electron chi connectivity index (χ0n) is 20.3. The van der Waals surface area contributed by atoms with Gasteiger partial charge < -0.3 is 10.6 Å². The van der Waals surface area contributed by atoms with Gasteiger partial charge in [0, 0.05) is 42.2 Å². The van der Waals surface area contributed by atoms with Crippen LogP contribution in [0, 0.1) is 12.8 Å². The molecule has 2 amide bonds. The Morgan fingerprint density at radius 2 is 2.03 bits per heavy atom. The Hall–Kier alpha value is -4.11. The van der Waals surface area contributed by atoms with Crippen LogP contribution < -0.4 is 10.6 Å². The second-order valence-corrected chi connectivity index (χ2v) is 9.78. The Kier molecular flexibility index (Phi) is 5.30. The molecule has 2 unspecified atom stereocenters.